The van der Waals surface area contributed by atoms with E-state index in [1.807, 2.05) is 18.2 Å². The average molecular weight is 261 g/mol. The third kappa shape index (κ3) is 3.67. The third-order valence-electron chi connectivity index (χ3n) is 2.65. The van der Waals surface area contributed by atoms with Crippen LogP contribution in [0.1, 0.15) is 19.8 Å². The molecule has 16 heavy (non-hydrogen) atoms. The predicted octanol–water partition coefficient (Wildman–Crippen LogP) is -0.207. The molecule has 4 heteroatoms. The Labute approximate surface area is 107 Å². The maximum atomic E-state index is 9.51. The molecule has 1 heterocycles. The van der Waals surface area contributed by atoms with E-state index in [9.17, 15) is 5.11 Å². The highest BCUT2D eigenvalue weighted by atomic mass is 35.5. The van der Waals surface area contributed by atoms with Gasteiger partial charge in [0.05, 0.1) is 11.0 Å². The van der Waals surface area contributed by atoms with Gasteiger partial charge in [-0.25, -0.2) is 0 Å². The molecule has 0 spiro atoms. The van der Waals surface area contributed by atoms with Crippen molar-refractivity contribution in [2.45, 2.75) is 36.9 Å². The molecule has 2 atom stereocenters. The van der Waals surface area contributed by atoms with Gasteiger partial charge in [0.2, 0.25) is 12.0 Å². The molecular weight excluding hydrogens is 244 g/mol. The minimum Gasteiger partial charge on any atom is -1.00 e. The van der Waals surface area contributed by atoms with Gasteiger partial charge < -0.3 is 21.3 Å². The van der Waals surface area contributed by atoms with Gasteiger partial charge in [-0.1, -0.05) is 18.2 Å². The van der Waals surface area contributed by atoms with Gasteiger partial charge in [-0.3, -0.25) is 0 Å². The van der Waals surface area contributed by atoms with Crippen molar-refractivity contribution in [3.05, 3.63) is 30.3 Å². The Kier molecular flexibility index (Phi) is 5.62. The van der Waals surface area contributed by atoms with Crippen LogP contribution in [-0.4, -0.2) is 23.9 Å². The Morgan fingerprint density at radius 1 is 1.31 bits per heavy atom. The quantitative estimate of drug-likeness (QED) is 0.588. The molecule has 1 aliphatic rings. The maximum Gasteiger partial charge on any atom is 0.225 e. The summed E-state index contributed by atoms with van der Waals surface area (Å²) in [5, 5.41) is 9.51. The van der Waals surface area contributed by atoms with Crippen molar-refractivity contribution in [3.8, 4) is 0 Å². The van der Waals surface area contributed by atoms with Crippen LogP contribution in [0.4, 0.5) is 0 Å². The first kappa shape index (κ1) is 13.8. The zero-order valence-electron chi connectivity index (χ0n) is 9.30. The number of hydrogen-bond donors (Lipinski definition) is 1. The average Bonchev–Trinajstić information content (AvgIpc) is 2.24. The lowest BCUT2D eigenvalue weighted by Crippen LogP contribution is -3.00. The van der Waals surface area contributed by atoms with Crippen molar-refractivity contribution in [1.82, 2.24) is 0 Å². The number of aliphatic hydroxyl groups excluding tert-OH is 1. The zero-order chi connectivity index (χ0) is 10.7. The molecule has 1 fully saturated rings. The number of rotatable bonds is 2. The molecule has 2 nitrogen and oxygen atoms in total. The van der Waals surface area contributed by atoms with E-state index in [0.717, 1.165) is 19.4 Å². The normalized spacial score (nSPS) is 26.1. The van der Waals surface area contributed by atoms with Gasteiger partial charge in [0.15, 0.2) is 12.7 Å². The van der Waals surface area contributed by atoms with Crippen LogP contribution >= 0.6 is 12.0 Å². The summed E-state index contributed by atoms with van der Waals surface area (Å²) in [5.41, 5.74) is 0. The highest BCUT2D eigenvalue weighted by Crippen LogP contribution is 2.34. The zero-order valence-corrected chi connectivity index (χ0v) is 10.9. The highest BCUT2D eigenvalue weighted by molar-refractivity contribution is 7.95. The first-order valence-corrected chi connectivity index (χ1v) is 6.11. The summed E-state index contributed by atoms with van der Waals surface area (Å²) < 4.78 is 3.21. The molecule has 1 saturated heterocycles. The van der Waals surface area contributed by atoms with Gasteiger partial charge in [0, 0.05) is 19.8 Å². The van der Waals surface area contributed by atoms with Gasteiger partial charge in [-0.15, -0.1) is 0 Å². The second-order valence-corrected chi connectivity index (χ2v) is 5.04. The fraction of sp³-hybridized carbons (Fsp3) is 0.500. The molecule has 0 bridgehead atoms. The van der Waals surface area contributed by atoms with Gasteiger partial charge in [-0.2, -0.15) is 0 Å². The Hall–Kier alpha value is -0.220. The van der Waals surface area contributed by atoms with Gasteiger partial charge in [0.25, 0.3) is 0 Å². The van der Waals surface area contributed by atoms with Crippen molar-refractivity contribution >= 4 is 12.0 Å². The first-order valence-electron chi connectivity index (χ1n) is 5.37. The minimum absolute atomic E-state index is 0. The Bertz CT molecular complexity index is 307. The second kappa shape index (κ2) is 6.50. The van der Waals surface area contributed by atoms with E-state index in [2.05, 4.69) is 22.9 Å². The smallest absolute Gasteiger partial charge is 0.225 e. The van der Waals surface area contributed by atoms with Crippen LogP contribution in [0.15, 0.2) is 35.2 Å². The van der Waals surface area contributed by atoms with Crippen LogP contribution in [0.2, 0.25) is 0 Å². The van der Waals surface area contributed by atoms with Gasteiger partial charge in [-0.05, 0) is 12.1 Å². The summed E-state index contributed by atoms with van der Waals surface area (Å²) >= 11 is 1.71. The highest BCUT2D eigenvalue weighted by Gasteiger charge is 2.31. The SMILES string of the molecule is CC1CC(O)CC[O+]1Sc1ccccc1.[Cl-]. The Balaban J connectivity index is 0.00000128. The monoisotopic (exact) mass is 260 g/mol. The summed E-state index contributed by atoms with van der Waals surface area (Å²) in [5.74, 6) is 0. The number of hydrogen-bond acceptors (Lipinski definition) is 2. The van der Waals surface area contributed by atoms with Crippen LogP contribution in [0, 0.1) is 0 Å². The third-order valence-corrected chi connectivity index (χ3v) is 3.83. The lowest BCUT2D eigenvalue weighted by atomic mass is 10.1. The molecule has 1 aromatic carbocycles. The Morgan fingerprint density at radius 2 is 2.00 bits per heavy atom. The van der Waals surface area contributed by atoms with Crippen molar-refractivity contribution < 1.29 is 21.3 Å². The molecule has 0 radical (unpaired) electrons. The van der Waals surface area contributed by atoms with E-state index in [1.54, 1.807) is 12.0 Å². The van der Waals surface area contributed by atoms with Gasteiger partial charge in [0.1, 0.15) is 0 Å². The lowest BCUT2D eigenvalue weighted by molar-refractivity contribution is -0.0899. The molecule has 2 unspecified atom stereocenters. The number of benzene rings is 1. The van der Waals surface area contributed by atoms with Crippen LogP contribution in [0.5, 0.6) is 0 Å². The number of aliphatic hydroxyl groups is 1. The summed E-state index contributed by atoms with van der Waals surface area (Å²) in [7, 11) is 0. The van der Waals surface area contributed by atoms with E-state index >= 15 is 0 Å². The van der Waals surface area contributed by atoms with E-state index in [-0.39, 0.29) is 18.5 Å². The topological polar surface area (TPSA) is 22.9 Å². The number of halogens is 1. The van der Waals surface area contributed by atoms with Crippen molar-refractivity contribution in [2.75, 3.05) is 6.61 Å². The molecular formula is C12H17ClO2S. The van der Waals surface area contributed by atoms with Crippen LogP contribution < -0.4 is 12.4 Å². The molecule has 0 amide bonds. The van der Waals surface area contributed by atoms with E-state index in [0.29, 0.717) is 6.10 Å². The summed E-state index contributed by atoms with van der Waals surface area (Å²) in [6.45, 7) is 3.03. The van der Waals surface area contributed by atoms with Crippen LogP contribution in [-0.2, 0) is 3.81 Å². The van der Waals surface area contributed by atoms with E-state index in [4.69, 9.17) is 0 Å². The van der Waals surface area contributed by atoms with Crippen molar-refractivity contribution in [1.29, 1.82) is 0 Å². The molecule has 2 rings (SSSR count). The summed E-state index contributed by atoms with van der Waals surface area (Å²) in [4.78, 5) is 1.24. The molecule has 0 aromatic heterocycles. The van der Waals surface area contributed by atoms with E-state index < -0.39 is 0 Å². The van der Waals surface area contributed by atoms with Crippen molar-refractivity contribution in [2.24, 2.45) is 0 Å². The Morgan fingerprint density at radius 3 is 2.62 bits per heavy atom. The summed E-state index contributed by atoms with van der Waals surface area (Å²) in [6.07, 6.45) is 1.96. The fourth-order valence-corrected chi connectivity index (χ4v) is 2.72. The van der Waals surface area contributed by atoms with Crippen LogP contribution in [0.3, 0.4) is 0 Å². The molecule has 0 saturated carbocycles. The standard InChI is InChI=1S/C12H17O2S.ClH/c1-10-9-11(13)7-8-14(10)15-12-5-3-2-4-6-12;/h2-6,10-11,13H,7-9H2,1H3;1H/q+1;/p-1. The maximum absolute atomic E-state index is 9.51. The first-order chi connectivity index (χ1) is 7.25. The second-order valence-electron chi connectivity index (χ2n) is 3.97. The van der Waals surface area contributed by atoms with Crippen molar-refractivity contribution in [3.63, 3.8) is 0 Å². The van der Waals surface area contributed by atoms with Gasteiger partial charge >= 0.3 is 0 Å². The molecule has 1 N–H and O–H groups in total. The molecule has 1 aromatic rings. The molecule has 0 aliphatic carbocycles. The minimum atomic E-state index is -0.125. The fourth-order valence-electron chi connectivity index (χ4n) is 1.79. The predicted molar refractivity (Wildman–Crippen MR) is 63.0 cm³/mol. The van der Waals surface area contributed by atoms with Crippen LogP contribution in [0.25, 0.3) is 0 Å². The lowest BCUT2D eigenvalue weighted by Gasteiger charge is -2.29. The largest absolute Gasteiger partial charge is 1.00 e. The molecule has 1 aliphatic heterocycles. The summed E-state index contributed by atoms with van der Waals surface area (Å²) in [6, 6.07) is 10.3. The van der Waals surface area contributed by atoms with E-state index in [1.165, 1.54) is 4.90 Å². The molecule has 90 valence electrons.